The molecule has 0 aromatic rings. The average Bonchev–Trinajstić information content (AvgIpc) is 2.69. The number of nitrogens with two attached hydrogens (primary N) is 1. The van der Waals surface area contributed by atoms with E-state index in [1.54, 1.807) is 0 Å². The van der Waals surface area contributed by atoms with Gasteiger partial charge in [-0.3, -0.25) is 15.0 Å². The molecule has 3 amide bonds. The fraction of sp³-hybridized carbons (Fsp3) is 0.857. The Morgan fingerprint density at radius 3 is 2.65 bits per heavy atom. The zero-order valence-corrected chi connectivity index (χ0v) is 12.8. The maximum absolute atomic E-state index is 11.8. The molecule has 0 spiro atoms. The topological polar surface area (TPSA) is 87.5 Å². The molecule has 1 heterocycles. The number of amides is 3. The molecular formula is C14H28N4O2. The summed E-state index contributed by atoms with van der Waals surface area (Å²) in [5.74, 6) is 0.735. The van der Waals surface area contributed by atoms with Crippen molar-refractivity contribution >= 4 is 11.9 Å². The van der Waals surface area contributed by atoms with E-state index in [0.717, 1.165) is 19.4 Å². The molecule has 1 saturated heterocycles. The third kappa shape index (κ3) is 5.88. The van der Waals surface area contributed by atoms with Crippen molar-refractivity contribution in [1.29, 1.82) is 0 Å². The van der Waals surface area contributed by atoms with Crippen molar-refractivity contribution in [3.8, 4) is 0 Å². The number of nitrogens with zero attached hydrogens (tertiary/aromatic N) is 1. The maximum atomic E-state index is 11.8. The van der Waals surface area contributed by atoms with E-state index < -0.39 is 6.03 Å². The van der Waals surface area contributed by atoms with E-state index >= 15 is 0 Å². The van der Waals surface area contributed by atoms with Crippen LogP contribution in [0.2, 0.25) is 0 Å². The molecular weight excluding hydrogens is 256 g/mol. The second-order valence-electron chi connectivity index (χ2n) is 6.10. The number of urea groups is 1. The van der Waals surface area contributed by atoms with Crippen LogP contribution in [0.4, 0.5) is 4.79 Å². The zero-order valence-electron chi connectivity index (χ0n) is 12.8. The Morgan fingerprint density at radius 1 is 1.40 bits per heavy atom. The number of hydrogen-bond donors (Lipinski definition) is 3. The molecule has 20 heavy (non-hydrogen) atoms. The lowest BCUT2D eigenvalue weighted by molar-refractivity contribution is -0.121. The SMILES string of the molecule is CC(C)CCNC(=O)NC(=O)CN1CC(CN)CC1C. The molecule has 0 radical (unpaired) electrons. The van der Waals surface area contributed by atoms with Crippen LogP contribution in [0.5, 0.6) is 0 Å². The predicted octanol–water partition coefficient (Wildman–Crippen LogP) is 0.527. The Hall–Kier alpha value is -1.14. The predicted molar refractivity (Wildman–Crippen MR) is 79.2 cm³/mol. The van der Waals surface area contributed by atoms with Gasteiger partial charge in [0.1, 0.15) is 0 Å². The number of nitrogens with one attached hydrogen (secondary N) is 2. The summed E-state index contributed by atoms with van der Waals surface area (Å²) in [6.07, 6.45) is 1.92. The molecule has 1 fully saturated rings. The molecule has 2 atom stereocenters. The summed E-state index contributed by atoms with van der Waals surface area (Å²) >= 11 is 0. The van der Waals surface area contributed by atoms with Crippen molar-refractivity contribution in [2.75, 3.05) is 26.2 Å². The van der Waals surface area contributed by atoms with E-state index in [2.05, 4.69) is 36.3 Å². The van der Waals surface area contributed by atoms with Crippen LogP contribution in [-0.2, 0) is 4.79 Å². The van der Waals surface area contributed by atoms with Gasteiger partial charge in [-0.1, -0.05) is 13.8 Å². The van der Waals surface area contributed by atoms with Gasteiger partial charge in [0.15, 0.2) is 0 Å². The van der Waals surface area contributed by atoms with Gasteiger partial charge in [-0.25, -0.2) is 4.79 Å². The minimum Gasteiger partial charge on any atom is -0.338 e. The van der Waals surface area contributed by atoms with Crippen molar-refractivity contribution in [1.82, 2.24) is 15.5 Å². The lowest BCUT2D eigenvalue weighted by Crippen LogP contribution is -2.45. The van der Waals surface area contributed by atoms with Crippen LogP contribution in [0.25, 0.3) is 0 Å². The van der Waals surface area contributed by atoms with Crippen LogP contribution in [0, 0.1) is 11.8 Å². The third-order valence-corrected chi connectivity index (χ3v) is 3.73. The van der Waals surface area contributed by atoms with Gasteiger partial charge in [0.25, 0.3) is 0 Å². The molecule has 2 unspecified atom stereocenters. The second kappa shape index (κ2) is 8.21. The first-order valence-corrected chi connectivity index (χ1v) is 7.44. The van der Waals surface area contributed by atoms with Gasteiger partial charge < -0.3 is 11.1 Å². The van der Waals surface area contributed by atoms with Gasteiger partial charge in [0.2, 0.25) is 5.91 Å². The largest absolute Gasteiger partial charge is 0.338 e. The number of likely N-dealkylation sites (tertiary alicyclic amines) is 1. The summed E-state index contributed by atoms with van der Waals surface area (Å²) in [5, 5.41) is 5.06. The first-order valence-electron chi connectivity index (χ1n) is 7.44. The van der Waals surface area contributed by atoms with E-state index in [0.29, 0.717) is 31.0 Å². The van der Waals surface area contributed by atoms with E-state index in [9.17, 15) is 9.59 Å². The van der Waals surface area contributed by atoms with Crippen molar-refractivity contribution in [3.63, 3.8) is 0 Å². The fourth-order valence-electron chi connectivity index (χ4n) is 2.48. The maximum Gasteiger partial charge on any atom is 0.321 e. The van der Waals surface area contributed by atoms with E-state index in [1.807, 2.05) is 0 Å². The number of hydrogen-bond acceptors (Lipinski definition) is 4. The molecule has 0 saturated carbocycles. The quantitative estimate of drug-likeness (QED) is 0.664. The summed E-state index contributed by atoms with van der Waals surface area (Å²) in [4.78, 5) is 25.4. The van der Waals surface area contributed by atoms with Crippen LogP contribution >= 0.6 is 0 Å². The summed E-state index contributed by atoms with van der Waals surface area (Å²) in [5.41, 5.74) is 5.66. The normalized spacial score (nSPS) is 23.1. The smallest absolute Gasteiger partial charge is 0.321 e. The molecule has 116 valence electrons. The van der Waals surface area contributed by atoms with E-state index in [4.69, 9.17) is 5.73 Å². The summed E-state index contributed by atoms with van der Waals surface area (Å²) < 4.78 is 0. The minimum atomic E-state index is -0.405. The molecule has 0 aromatic carbocycles. The van der Waals surface area contributed by atoms with Gasteiger partial charge >= 0.3 is 6.03 Å². The average molecular weight is 284 g/mol. The lowest BCUT2D eigenvalue weighted by atomic mass is 10.1. The molecule has 1 aliphatic heterocycles. The molecule has 1 aliphatic rings. The Labute approximate surface area is 121 Å². The minimum absolute atomic E-state index is 0.253. The monoisotopic (exact) mass is 284 g/mol. The van der Waals surface area contributed by atoms with Crippen molar-refractivity contribution in [2.24, 2.45) is 17.6 Å². The van der Waals surface area contributed by atoms with Crippen LogP contribution in [0.15, 0.2) is 0 Å². The molecule has 1 rings (SSSR count). The highest BCUT2D eigenvalue weighted by atomic mass is 16.2. The first kappa shape index (κ1) is 16.9. The van der Waals surface area contributed by atoms with Crippen LogP contribution < -0.4 is 16.4 Å². The molecule has 6 nitrogen and oxygen atoms in total. The third-order valence-electron chi connectivity index (χ3n) is 3.73. The molecule has 0 aromatic heterocycles. The Morgan fingerprint density at radius 2 is 2.10 bits per heavy atom. The number of carbonyl (C=O) groups is 2. The van der Waals surface area contributed by atoms with Crippen molar-refractivity contribution in [2.45, 2.75) is 39.7 Å². The van der Waals surface area contributed by atoms with Gasteiger partial charge in [-0.05, 0) is 38.1 Å². The first-order chi connectivity index (χ1) is 9.42. The van der Waals surface area contributed by atoms with Crippen LogP contribution in [-0.4, -0.2) is 49.1 Å². The van der Waals surface area contributed by atoms with E-state index in [1.165, 1.54) is 0 Å². The lowest BCUT2D eigenvalue weighted by Gasteiger charge is -2.20. The van der Waals surface area contributed by atoms with Gasteiger partial charge in [-0.2, -0.15) is 0 Å². The summed E-state index contributed by atoms with van der Waals surface area (Å²) in [6, 6.07) is -0.0591. The molecule has 0 bridgehead atoms. The van der Waals surface area contributed by atoms with Gasteiger partial charge in [0.05, 0.1) is 6.54 Å². The highest BCUT2D eigenvalue weighted by Crippen LogP contribution is 2.21. The molecule has 6 heteroatoms. The Bertz CT molecular complexity index is 333. The highest BCUT2D eigenvalue weighted by Gasteiger charge is 2.29. The number of carbonyl (C=O) groups excluding carboxylic acids is 2. The second-order valence-corrected chi connectivity index (χ2v) is 6.10. The Kier molecular flexibility index (Phi) is 6.95. The fourth-order valence-corrected chi connectivity index (χ4v) is 2.48. The van der Waals surface area contributed by atoms with Crippen LogP contribution in [0.3, 0.4) is 0 Å². The van der Waals surface area contributed by atoms with Gasteiger partial charge in [0, 0.05) is 19.1 Å². The van der Waals surface area contributed by atoms with Gasteiger partial charge in [-0.15, -0.1) is 0 Å². The standard InChI is InChI=1S/C14H28N4O2/c1-10(2)4-5-16-14(20)17-13(19)9-18-8-12(7-15)6-11(18)3/h10-12H,4-9,15H2,1-3H3,(H2,16,17,19,20). The summed E-state index contributed by atoms with van der Waals surface area (Å²) in [7, 11) is 0. The van der Waals surface area contributed by atoms with Crippen LogP contribution in [0.1, 0.15) is 33.6 Å². The Balaban J connectivity index is 2.24. The summed E-state index contributed by atoms with van der Waals surface area (Å²) in [6.45, 7) is 8.60. The number of imide groups is 1. The number of rotatable bonds is 6. The van der Waals surface area contributed by atoms with E-state index in [-0.39, 0.29) is 12.5 Å². The highest BCUT2D eigenvalue weighted by molar-refractivity contribution is 5.95. The van der Waals surface area contributed by atoms with Crippen molar-refractivity contribution in [3.05, 3.63) is 0 Å². The molecule has 0 aliphatic carbocycles. The zero-order chi connectivity index (χ0) is 15.1. The molecule has 4 N–H and O–H groups in total. The van der Waals surface area contributed by atoms with Crippen molar-refractivity contribution < 1.29 is 9.59 Å².